The summed E-state index contributed by atoms with van der Waals surface area (Å²) in [4.78, 5) is 14.0. The molecule has 0 saturated carbocycles. The Morgan fingerprint density at radius 2 is 1.78 bits per heavy atom. The van der Waals surface area contributed by atoms with Crippen LogP contribution in [-0.4, -0.2) is 20.9 Å². The lowest BCUT2D eigenvalue weighted by Crippen LogP contribution is -2.43. The van der Waals surface area contributed by atoms with Crippen molar-refractivity contribution in [1.29, 1.82) is 0 Å². The maximum absolute atomic E-state index is 12.4. The second-order valence-electron chi connectivity index (χ2n) is 5.86. The molecule has 6 nitrogen and oxygen atoms in total. The maximum Gasteiger partial charge on any atom is 0.272 e. The van der Waals surface area contributed by atoms with Gasteiger partial charge >= 0.3 is 0 Å². The van der Waals surface area contributed by atoms with Crippen molar-refractivity contribution < 1.29 is 17.9 Å². The number of carbonyl (C=O) groups excluding carboxylic acids is 1. The number of aryl methyl sites for hydroxylation is 1. The summed E-state index contributed by atoms with van der Waals surface area (Å²) in [5, 5.41) is 2.30. The van der Waals surface area contributed by atoms with Gasteiger partial charge in [0, 0.05) is 5.02 Å². The number of benzene rings is 3. The zero-order chi connectivity index (χ0) is 19.4. The molecular weight excluding hydrogens is 388 g/mol. The number of carbonyl (C=O) groups is 1. The Kier molecular flexibility index (Phi) is 5.65. The number of hydrogen-bond donors (Lipinski definition) is 2. The fraction of sp³-hybridized carbons (Fsp3) is 0.105. The van der Waals surface area contributed by atoms with E-state index in [-0.39, 0.29) is 11.5 Å². The van der Waals surface area contributed by atoms with E-state index < -0.39 is 15.9 Å². The van der Waals surface area contributed by atoms with Gasteiger partial charge in [0.25, 0.3) is 15.9 Å². The summed E-state index contributed by atoms with van der Waals surface area (Å²) in [5.41, 5.74) is 2.95. The zero-order valence-corrected chi connectivity index (χ0v) is 16.0. The highest BCUT2D eigenvalue weighted by molar-refractivity contribution is 7.89. The van der Waals surface area contributed by atoms with Crippen LogP contribution < -0.4 is 15.0 Å². The first-order valence-corrected chi connectivity index (χ1v) is 9.90. The molecule has 0 fully saturated rings. The van der Waals surface area contributed by atoms with Crippen LogP contribution in [0.25, 0.3) is 10.8 Å². The van der Waals surface area contributed by atoms with Crippen molar-refractivity contribution >= 4 is 38.3 Å². The van der Waals surface area contributed by atoms with Gasteiger partial charge < -0.3 is 4.74 Å². The number of nitrogens with one attached hydrogen (secondary N) is 2. The summed E-state index contributed by atoms with van der Waals surface area (Å²) in [5.74, 6) is -0.170. The second-order valence-corrected chi connectivity index (χ2v) is 7.95. The average molecular weight is 405 g/mol. The third-order valence-electron chi connectivity index (χ3n) is 3.86. The minimum atomic E-state index is -3.90. The van der Waals surface area contributed by atoms with Gasteiger partial charge in [-0.15, -0.1) is 4.83 Å². The molecule has 2 N–H and O–H groups in total. The highest BCUT2D eigenvalue weighted by Gasteiger charge is 2.15. The van der Waals surface area contributed by atoms with E-state index in [1.807, 2.05) is 31.2 Å². The van der Waals surface area contributed by atoms with Crippen LogP contribution in [0.1, 0.15) is 5.56 Å². The molecule has 0 spiro atoms. The highest BCUT2D eigenvalue weighted by atomic mass is 35.5. The van der Waals surface area contributed by atoms with Crippen molar-refractivity contribution in [3.8, 4) is 5.75 Å². The minimum absolute atomic E-state index is 0.0516. The van der Waals surface area contributed by atoms with Gasteiger partial charge in [0.1, 0.15) is 5.75 Å². The van der Waals surface area contributed by atoms with Gasteiger partial charge in [0.2, 0.25) is 0 Å². The first kappa shape index (κ1) is 19.2. The molecule has 0 aliphatic carbocycles. The number of rotatable bonds is 6. The number of hydrazine groups is 1. The summed E-state index contributed by atoms with van der Waals surface area (Å²) < 4.78 is 30.0. The molecule has 0 aliphatic heterocycles. The molecule has 3 aromatic rings. The van der Waals surface area contributed by atoms with E-state index in [4.69, 9.17) is 16.3 Å². The molecule has 1 amide bonds. The molecule has 0 aliphatic rings. The Balaban J connectivity index is 1.60. The fourth-order valence-corrected chi connectivity index (χ4v) is 3.42. The highest BCUT2D eigenvalue weighted by Crippen LogP contribution is 2.21. The molecule has 8 heteroatoms. The van der Waals surface area contributed by atoms with Gasteiger partial charge in [-0.1, -0.05) is 41.9 Å². The van der Waals surface area contributed by atoms with Crippen molar-refractivity contribution in [3.63, 3.8) is 0 Å². The molecule has 3 aromatic carbocycles. The van der Waals surface area contributed by atoms with Crippen molar-refractivity contribution in [1.82, 2.24) is 10.3 Å². The van der Waals surface area contributed by atoms with Crippen LogP contribution in [0.15, 0.2) is 65.6 Å². The van der Waals surface area contributed by atoms with Crippen molar-refractivity contribution in [2.45, 2.75) is 11.8 Å². The smallest absolute Gasteiger partial charge is 0.272 e. The van der Waals surface area contributed by atoms with E-state index in [0.29, 0.717) is 10.8 Å². The van der Waals surface area contributed by atoms with Gasteiger partial charge in [-0.3, -0.25) is 10.2 Å². The van der Waals surface area contributed by atoms with Crippen LogP contribution in [0.2, 0.25) is 5.02 Å². The number of sulfonamides is 1. The van der Waals surface area contributed by atoms with Crippen molar-refractivity contribution in [2.75, 3.05) is 6.61 Å². The Labute approximate surface area is 162 Å². The third kappa shape index (κ3) is 4.77. The first-order chi connectivity index (χ1) is 12.8. The van der Waals surface area contributed by atoms with Gasteiger partial charge in [-0.25, -0.2) is 8.42 Å². The largest absolute Gasteiger partial charge is 0.484 e. The molecule has 140 valence electrons. The Hall–Kier alpha value is -2.61. The fourth-order valence-electron chi connectivity index (χ4n) is 2.41. The van der Waals surface area contributed by atoms with Crippen LogP contribution in [0.4, 0.5) is 0 Å². The molecule has 0 unspecified atom stereocenters. The lowest BCUT2D eigenvalue weighted by Gasteiger charge is -2.10. The van der Waals surface area contributed by atoms with Gasteiger partial charge in [0.15, 0.2) is 6.61 Å². The maximum atomic E-state index is 12.4. The van der Waals surface area contributed by atoms with Crippen molar-refractivity contribution in [2.24, 2.45) is 0 Å². The lowest BCUT2D eigenvalue weighted by atomic mass is 10.1. The molecule has 0 heterocycles. The predicted molar refractivity (Wildman–Crippen MR) is 104 cm³/mol. The van der Waals surface area contributed by atoms with E-state index in [1.54, 1.807) is 24.3 Å². The second kappa shape index (κ2) is 7.96. The summed E-state index contributed by atoms with van der Waals surface area (Å²) in [7, 11) is -3.90. The monoisotopic (exact) mass is 404 g/mol. The van der Waals surface area contributed by atoms with E-state index in [9.17, 15) is 13.2 Å². The molecule has 0 atom stereocenters. The van der Waals surface area contributed by atoms with Crippen LogP contribution in [0.3, 0.4) is 0 Å². The van der Waals surface area contributed by atoms with Crippen LogP contribution >= 0.6 is 11.6 Å². The normalized spacial score (nSPS) is 11.3. The Morgan fingerprint density at radius 3 is 2.52 bits per heavy atom. The van der Waals surface area contributed by atoms with Crippen LogP contribution in [0.5, 0.6) is 5.75 Å². The van der Waals surface area contributed by atoms with Crippen LogP contribution in [-0.2, 0) is 14.8 Å². The van der Waals surface area contributed by atoms with E-state index in [1.165, 1.54) is 12.1 Å². The van der Waals surface area contributed by atoms with E-state index in [0.717, 1.165) is 16.3 Å². The van der Waals surface area contributed by atoms with E-state index in [2.05, 4.69) is 10.3 Å². The zero-order valence-electron chi connectivity index (χ0n) is 14.4. The molecule has 0 bridgehead atoms. The van der Waals surface area contributed by atoms with Crippen LogP contribution in [0, 0.1) is 6.92 Å². The molecule has 27 heavy (non-hydrogen) atoms. The molecule has 0 aromatic heterocycles. The Bertz CT molecular complexity index is 1100. The van der Waals surface area contributed by atoms with E-state index >= 15 is 0 Å². The summed E-state index contributed by atoms with van der Waals surface area (Å²) in [6.07, 6.45) is 0. The quantitative estimate of drug-likeness (QED) is 0.618. The average Bonchev–Trinajstić information content (AvgIpc) is 2.67. The number of halogens is 1. The summed E-state index contributed by atoms with van der Waals surface area (Å²) in [6, 6.07) is 17.1. The van der Waals surface area contributed by atoms with Gasteiger partial charge in [-0.05, 0) is 53.6 Å². The Morgan fingerprint density at radius 1 is 1.04 bits per heavy atom. The molecule has 0 radical (unpaired) electrons. The standard InChI is InChI=1S/C19H17ClN2O4S/c1-13-10-16(7-9-18(13)20)26-12-19(23)21-22-27(24,25)17-8-6-14-4-2-3-5-15(14)11-17/h2-11,22H,12H2,1H3,(H,21,23). The SMILES string of the molecule is Cc1cc(OCC(=O)NNS(=O)(=O)c2ccc3ccccc3c2)ccc1Cl. The number of amides is 1. The lowest BCUT2D eigenvalue weighted by molar-refractivity contribution is -0.123. The number of hydrogen-bond acceptors (Lipinski definition) is 4. The number of fused-ring (bicyclic) bond motifs is 1. The molecule has 3 rings (SSSR count). The first-order valence-electron chi connectivity index (χ1n) is 8.03. The summed E-state index contributed by atoms with van der Waals surface area (Å²) >= 11 is 5.93. The summed E-state index contributed by atoms with van der Waals surface area (Å²) in [6.45, 7) is 1.47. The third-order valence-corrected chi connectivity index (χ3v) is 5.52. The minimum Gasteiger partial charge on any atom is -0.484 e. The molecular formula is C19H17ClN2O4S. The number of ether oxygens (including phenoxy) is 1. The van der Waals surface area contributed by atoms with Gasteiger partial charge in [0.05, 0.1) is 4.90 Å². The predicted octanol–water partition coefficient (Wildman–Crippen LogP) is 3.19. The van der Waals surface area contributed by atoms with Gasteiger partial charge in [-0.2, -0.15) is 0 Å². The topological polar surface area (TPSA) is 84.5 Å². The molecule has 0 saturated heterocycles. The van der Waals surface area contributed by atoms with Crippen molar-refractivity contribution in [3.05, 3.63) is 71.2 Å².